The number of likely N-dealkylation sites (tertiary alicyclic amines) is 1. The summed E-state index contributed by atoms with van der Waals surface area (Å²) in [6.45, 7) is 0.542. The molecule has 1 saturated heterocycles. The first-order valence-corrected chi connectivity index (χ1v) is 7.30. The van der Waals surface area contributed by atoms with Crippen molar-refractivity contribution in [2.24, 2.45) is 0 Å². The molecule has 0 bridgehead atoms. The van der Waals surface area contributed by atoms with Gasteiger partial charge in [0.05, 0.1) is 0 Å². The Bertz CT molecular complexity index is 519. The standard InChI is InChI=1S/C16H19NO3/c18-15(17-10-2-5-14(17)16(19)20)13-8-6-12(7-9-13)11-3-1-4-11/h6-9,11,14H,1-5,10H2,(H,19,20)/t14-/m0/s1. The first kappa shape index (κ1) is 13.2. The molecule has 1 aromatic rings. The molecule has 1 aliphatic carbocycles. The van der Waals surface area contributed by atoms with Gasteiger partial charge in [0.2, 0.25) is 0 Å². The number of nitrogens with zero attached hydrogens (tertiary/aromatic N) is 1. The zero-order valence-electron chi connectivity index (χ0n) is 11.4. The van der Waals surface area contributed by atoms with E-state index in [-0.39, 0.29) is 5.91 Å². The largest absolute Gasteiger partial charge is 0.480 e. The summed E-state index contributed by atoms with van der Waals surface area (Å²) in [7, 11) is 0. The lowest BCUT2D eigenvalue weighted by Crippen LogP contribution is -2.40. The van der Waals surface area contributed by atoms with Gasteiger partial charge in [0.15, 0.2) is 0 Å². The zero-order valence-corrected chi connectivity index (χ0v) is 11.4. The van der Waals surface area contributed by atoms with Gasteiger partial charge in [-0.1, -0.05) is 18.6 Å². The predicted octanol–water partition coefficient (Wildman–Crippen LogP) is 2.64. The fourth-order valence-electron chi connectivity index (χ4n) is 3.07. The number of amides is 1. The maximum absolute atomic E-state index is 12.4. The third kappa shape index (κ3) is 2.30. The van der Waals surface area contributed by atoms with E-state index in [4.69, 9.17) is 5.11 Å². The molecule has 1 atom stereocenters. The molecule has 0 unspecified atom stereocenters. The van der Waals surface area contributed by atoms with E-state index in [1.165, 1.54) is 29.7 Å². The SMILES string of the molecule is O=C(O)[C@@H]1CCCN1C(=O)c1ccc(C2CCC2)cc1. The normalized spacial score (nSPS) is 22.6. The van der Waals surface area contributed by atoms with Crippen molar-refractivity contribution in [2.45, 2.75) is 44.1 Å². The predicted molar refractivity (Wildman–Crippen MR) is 74.7 cm³/mol. The molecule has 1 aliphatic heterocycles. The Hall–Kier alpha value is -1.84. The van der Waals surface area contributed by atoms with Crippen molar-refractivity contribution in [1.29, 1.82) is 0 Å². The van der Waals surface area contributed by atoms with Crippen molar-refractivity contribution in [3.63, 3.8) is 0 Å². The molecular formula is C16H19NO3. The van der Waals surface area contributed by atoms with E-state index in [9.17, 15) is 9.59 Å². The summed E-state index contributed by atoms with van der Waals surface area (Å²) in [6, 6.07) is 7.06. The Morgan fingerprint density at radius 2 is 1.75 bits per heavy atom. The molecular weight excluding hydrogens is 254 g/mol. The van der Waals surface area contributed by atoms with E-state index in [1.54, 1.807) is 0 Å². The molecule has 1 N–H and O–H groups in total. The van der Waals surface area contributed by atoms with E-state index in [1.807, 2.05) is 24.3 Å². The molecule has 0 aromatic heterocycles. The van der Waals surface area contributed by atoms with Crippen molar-refractivity contribution in [3.8, 4) is 0 Å². The molecule has 1 amide bonds. The van der Waals surface area contributed by atoms with Crippen LogP contribution in [0.25, 0.3) is 0 Å². The lowest BCUT2D eigenvalue weighted by molar-refractivity contribution is -0.141. The maximum atomic E-state index is 12.4. The van der Waals surface area contributed by atoms with Crippen LogP contribution in [-0.4, -0.2) is 34.5 Å². The molecule has 1 heterocycles. The Morgan fingerprint density at radius 1 is 1.05 bits per heavy atom. The van der Waals surface area contributed by atoms with Gasteiger partial charge in [-0.3, -0.25) is 4.79 Å². The van der Waals surface area contributed by atoms with Gasteiger partial charge in [-0.25, -0.2) is 4.79 Å². The van der Waals surface area contributed by atoms with E-state index >= 15 is 0 Å². The summed E-state index contributed by atoms with van der Waals surface area (Å²) in [5.74, 6) is -0.408. The molecule has 1 aromatic carbocycles. The Balaban J connectivity index is 1.74. The minimum Gasteiger partial charge on any atom is -0.480 e. The number of carboxylic acids is 1. The zero-order chi connectivity index (χ0) is 14.1. The van der Waals surface area contributed by atoms with Gasteiger partial charge >= 0.3 is 5.97 Å². The highest BCUT2D eigenvalue weighted by atomic mass is 16.4. The third-order valence-electron chi connectivity index (χ3n) is 4.53. The van der Waals surface area contributed by atoms with Crippen molar-refractivity contribution >= 4 is 11.9 Å². The molecule has 2 fully saturated rings. The third-order valence-corrected chi connectivity index (χ3v) is 4.53. The lowest BCUT2D eigenvalue weighted by Gasteiger charge is -2.26. The number of aliphatic carboxylic acids is 1. The summed E-state index contributed by atoms with van der Waals surface area (Å²) >= 11 is 0. The van der Waals surface area contributed by atoms with Crippen LogP contribution in [-0.2, 0) is 4.79 Å². The molecule has 2 aliphatic rings. The quantitative estimate of drug-likeness (QED) is 0.921. The topological polar surface area (TPSA) is 57.6 Å². The van der Waals surface area contributed by atoms with Gasteiger partial charge < -0.3 is 10.0 Å². The van der Waals surface area contributed by atoms with Crippen LogP contribution in [0.1, 0.15) is 53.9 Å². The van der Waals surface area contributed by atoms with E-state index in [0.717, 1.165) is 6.42 Å². The minimum absolute atomic E-state index is 0.157. The van der Waals surface area contributed by atoms with Gasteiger partial charge in [0.25, 0.3) is 5.91 Å². The highest BCUT2D eigenvalue weighted by Crippen LogP contribution is 2.36. The van der Waals surface area contributed by atoms with Crippen LogP contribution in [0.5, 0.6) is 0 Å². The van der Waals surface area contributed by atoms with E-state index < -0.39 is 12.0 Å². The van der Waals surface area contributed by atoms with Crippen molar-refractivity contribution in [2.75, 3.05) is 6.54 Å². The van der Waals surface area contributed by atoms with Gasteiger partial charge in [0.1, 0.15) is 6.04 Å². The number of carbonyl (C=O) groups is 2. The molecule has 106 valence electrons. The van der Waals surface area contributed by atoms with E-state index in [0.29, 0.717) is 24.4 Å². The first-order chi connectivity index (χ1) is 9.66. The number of benzene rings is 1. The summed E-state index contributed by atoms with van der Waals surface area (Å²) < 4.78 is 0. The number of carbonyl (C=O) groups excluding carboxylic acids is 1. The smallest absolute Gasteiger partial charge is 0.326 e. The lowest BCUT2D eigenvalue weighted by atomic mass is 9.80. The molecule has 3 rings (SSSR count). The van der Waals surface area contributed by atoms with Crippen LogP contribution in [0, 0.1) is 0 Å². The van der Waals surface area contributed by atoms with Crippen molar-refractivity contribution < 1.29 is 14.7 Å². The van der Waals surface area contributed by atoms with Crippen LogP contribution >= 0.6 is 0 Å². The van der Waals surface area contributed by atoms with Crippen molar-refractivity contribution in [1.82, 2.24) is 4.90 Å². The Kier molecular flexibility index (Phi) is 3.47. The number of rotatable bonds is 3. The van der Waals surface area contributed by atoms with Crippen LogP contribution in [0.2, 0.25) is 0 Å². The van der Waals surface area contributed by atoms with Gasteiger partial charge in [0, 0.05) is 12.1 Å². The monoisotopic (exact) mass is 273 g/mol. The van der Waals surface area contributed by atoms with Crippen LogP contribution in [0.3, 0.4) is 0 Å². The fraction of sp³-hybridized carbons (Fsp3) is 0.500. The van der Waals surface area contributed by atoms with Gasteiger partial charge in [-0.15, -0.1) is 0 Å². The fourth-order valence-corrected chi connectivity index (χ4v) is 3.07. The second kappa shape index (κ2) is 5.27. The highest BCUT2D eigenvalue weighted by Gasteiger charge is 2.34. The molecule has 20 heavy (non-hydrogen) atoms. The Morgan fingerprint density at radius 3 is 2.30 bits per heavy atom. The number of carboxylic acid groups (broad SMARTS) is 1. The first-order valence-electron chi connectivity index (χ1n) is 7.30. The van der Waals surface area contributed by atoms with Crippen LogP contribution < -0.4 is 0 Å². The van der Waals surface area contributed by atoms with Crippen molar-refractivity contribution in [3.05, 3.63) is 35.4 Å². The molecule has 0 radical (unpaired) electrons. The maximum Gasteiger partial charge on any atom is 0.326 e. The number of hydrogen-bond donors (Lipinski definition) is 1. The summed E-state index contributed by atoms with van der Waals surface area (Å²) in [5, 5.41) is 9.14. The minimum atomic E-state index is -0.901. The second-order valence-electron chi connectivity index (χ2n) is 5.74. The number of hydrogen-bond acceptors (Lipinski definition) is 2. The average molecular weight is 273 g/mol. The summed E-state index contributed by atoms with van der Waals surface area (Å²) in [6.07, 6.45) is 5.09. The molecule has 1 saturated carbocycles. The average Bonchev–Trinajstić information content (AvgIpc) is 2.86. The Labute approximate surface area is 118 Å². The molecule has 4 heteroatoms. The van der Waals surface area contributed by atoms with Crippen LogP contribution in [0.4, 0.5) is 0 Å². The van der Waals surface area contributed by atoms with Gasteiger partial charge in [-0.05, 0) is 49.3 Å². The van der Waals surface area contributed by atoms with E-state index in [2.05, 4.69) is 0 Å². The highest BCUT2D eigenvalue weighted by molar-refractivity contribution is 5.97. The summed E-state index contributed by atoms with van der Waals surface area (Å²) in [5.41, 5.74) is 1.89. The van der Waals surface area contributed by atoms with Gasteiger partial charge in [-0.2, -0.15) is 0 Å². The summed E-state index contributed by atoms with van der Waals surface area (Å²) in [4.78, 5) is 25.0. The second-order valence-corrected chi connectivity index (χ2v) is 5.74. The molecule has 4 nitrogen and oxygen atoms in total. The molecule has 0 spiro atoms. The van der Waals surface area contributed by atoms with Crippen LogP contribution in [0.15, 0.2) is 24.3 Å².